The molecule has 238 valence electrons. The largest absolute Gasteiger partial charge is 0.461 e. The summed E-state index contributed by atoms with van der Waals surface area (Å²) in [6.07, 6.45) is 5.00. The number of aromatic nitrogens is 3. The van der Waals surface area contributed by atoms with Crippen molar-refractivity contribution in [3.05, 3.63) is 29.2 Å². The first kappa shape index (κ1) is 28.4. The third-order valence-corrected chi connectivity index (χ3v) is 12.3. The van der Waals surface area contributed by atoms with Gasteiger partial charge in [0.15, 0.2) is 10.9 Å². The molecular formula is C30H32F4N8OS2. The Morgan fingerprint density at radius 2 is 1.89 bits per heavy atom. The molecule has 7 heterocycles. The zero-order chi connectivity index (χ0) is 30.7. The fourth-order valence-electron chi connectivity index (χ4n) is 7.94. The number of thiazole rings is 1. The molecule has 0 radical (unpaired) electrons. The van der Waals surface area contributed by atoms with Gasteiger partial charge < -0.3 is 25.0 Å². The van der Waals surface area contributed by atoms with Gasteiger partial charge in [0.2, 0.25) is 0 Å². The Balaban J connectivity index is 1.16. The topological polar surface area (TPSA) is 95.7 Å². The third-order valence-electron chi connectivity index (χ3n) is 10.2. The number of halogens is 4. The first-order chi connectivity index (χ1) is 21.7. The summed E-state index contributed by atoms with van der Waals surface area (Å²) in [6, 6.07) is 2.65. The van der Waals surface area contributed by atoms with Crippen molar-refractivity contribution in [2.45, 2.75) is 79.2 Å². The molecule has 0 spiro atoms. The predicted octanol–water partition coefficient (Wildman–Crippen LogP) is 4.93. The molecule has 0 amide bonds. The summed E-state index contributed by atoms with van der Waals surface area (Å²) in [7, 11) is 0. The molecular weight excluding hydrogens is 629 g/mol. The van der Waals surface area contributed by atoms with Crippen LogP contribution in [0, 0.1) is 5.82 Å². The van der Waals surface area contributed by atoms with Crippen LogP contribution in [0.4, 0.5) is 28.5 Å². The van der Waals surface area contributed by atoms with Crippen LogP contribution >= 0.6 is 23.3 Å². The van der Waals surface area contributed by atoms with E-state index in [1.165, 1.54) is 18.0 Å². The van der Waals surface area contributed by atoms with Crippen LogP contribution in [0.3, 0.4) is 0 Å². The molecule has 9 nitrogen and oxygen atoms in total. The summed E-state index contributed by atoms with van der Waals surface area (Å²) in [5.41, 5.74) is 7.42. The van der Waals surface area contributed by atoms with Crippen molar-refractivity contribution >= 4 is 56.2 Å². The molecule has 1 saturated carbocycles. The molecule has 3 N–H and O–H groups in total. The molecule has 4 unspecified atom stereocenters. The molecule has 6 aliphatic rings. The van der Waals surface area contributed by atoms with Crippen molar-refractivity contribution in [1.82, 2.24) is 29.5 Å². The molecule has 2 bridgehead atoms. The molecule has 5 fully saturated rings. The minimum Gasteiger partial charge on any atom is -0.461 e. The fraction of sp³-hybridized carbons (Fsp3) is 0.567. The molecule has 1 aromatic carbocycles. The highest BCUT2D eigenvalue weighted by molar-refractivity contribution is 7.97. The summed E-state index contributed by atoms with van der Waals surface area (Å²) in [5.74, 6) is -2.68. The van der Waals surface area contributed by atoms with Gasteiger partial charge in [0.05, 0.1) is 32.0 Å². The number of hydrogen-bond donors (Lipinski definition) is 2. The first-order valence-electron chi connectivity index (χ1n) is 15.5. The summed E-state index contributed by atoms with van der Waals surface area (Å²) in [6.45, 7) is 3.00. The lowest BCUT2D eigenvalue weighted by molar-refractivity contribution is 0.100. The van der Waals surface area contributed by atoms with E-state index >= 15 is 0 Å². The average Bonchev–Trinajstić information content (AvgIpc) is 3.43. The Bertz CT molecular complexity index is 1730. The number of rotatable bonds is 6. The molecule has 1 aliphatic carbocycles. The summed E-state index contributed by atoms with van der Waals surface area (Å²) in [4.78, 5) is 19.2. The Morgan fingerprint density at radius 1 is 1.09 bits per heavy atom. The minimum absolute atomic E-state index is 0.182. The number of benzene rings is 1. The Morgan fingerprint density at radius 3 is 2.67 bits per heavy atom. The van der Waals surface area contributed by atoms with Gasteiger partial charge in [-0.2, -0.15) is 9.97 Å². The Hall–Kier alpha value is -2.88. The minimum atomic E-state index is -2.87. The van der Waals surface area contributed by atoms with E-state index < -0.39 is 24.0 Å². The molecule has 5 aliphatic heterocycles. The average molecular weight is 661 g/mol. The van der Waals surface area contributed by atoms with E-state index in [1.54, 1.807) is 16.4 Å². The van der Waals surface area contributed by atoms with Crippen LogP contribution in [0.15, 0.2) is 17.0 Å². The zero-order valence-corrected chi connectivity index (χ0v) is 25.9. The number of nitrogens with one attached hydrogen (secondary N) is 1. The summed E-state index contributed by atoms with van der Waals surface area (Å²) in [5, 5.41) is 3.84. The van der Waals surface area contributed by atoms with Gasteiger partial charge in [-0.05, 0) is 62.4 Å². The van der Waals surface area contributed by atoms with Gasteiger partial charge in [-0.15, -0.1) is 0 Å². The number of anilines is 2. The lowest BCUT2D eigenvalue weighted by Gasteiger charge is -2.37. The van der Waals surface area contributed by atoms with Gasteiger partial charge in [-0.3, -0.25) is 4.90 Å². The van der Waals surface area contributed by atoms with Crippen LogP contribution in [0.25, 0.3) is 22.0 Å². The van der Waals surface area contributed by atoms with Crippen molar-refractivity contribution in [3.63, 3.8) is 0 Å². The van der Waals surface area contributed by atoms with Crippen LogP contribution in [0.1, 0.15) is 49.8 Å². The summed E-state index contributed by atoms with van der Waals surface area (Å²) >= 11 is 2.22. The van der Waals surface area contributed by atoms with Crippen molar-refractivity contribution in [2.75, 3.05) is 43.4 Å². The smallest absolute Gasteiger partial charge is 0.319 e. The molecule has 45 heavy (non-hydrogen) atoms. The van der Waals surface area contributed by atoms with Gasteiger partial charge >= 0.3 is 6.01 Å². The van der Waals surface area contributed by atoms with E-state index in [4.69, 9.17) is 20.4 Å². The number of fused-ring (bicyclic) bond motifs is 5. The van der Waals surface area contributed by atoms with Gasteiger partial charge in [0.1, 0.15) is 24.6 Å². The number of nitrogens with two attached hydrogens (primary N) is 1. The van der Waals surface area contributed by atoms with E-state index in [1.807, 2.05) is 0 Å². The van der Waals surface area contributed by atoms with E-state index in [0.29, 0.717) is 58.2 Å². The van der Waals surface area contributed by atoms with Crippen molar-refractivity contribution < 1.29 is 22.3 Å². The first-order valence-corrected chi connectivity index (χ1v) is 17.1. The lowest BCUT2D eigenvalue weighted by atomic mass is 9.95. The van der Waals surface area contributed by atoms with Crippen LogP contribution < -0.4 is 20.7 Å². The van der Waals surface area contributed by atoms with Crippen LogP contribution in [0.5, 0.6) is 6.01 Å². The van der Waals surface area contributed by atoms with Crippen LogP contribution in [-0.4, -0.2) is 92.7 Å². The molecule has 2 aromatic heterocycles. The molecule has 4 saturated heterocycles. The van der Waals surface area contributed by atoms with Crippen LogP contribution in [-0.2, 0) is 0 Å². The lowest BCUT2D eigenvalue weighted by Crippen LogP contribution is -2.51. The molecule has 3 aromatic rings. The fourth-order valence-corrected chi connectivity index (χ4v) is 9.96. The van der Waals surface area contributed by atoms with Gasteiger partial charge in [-0.25, -0.2) is 22.5 Å². The molecule has 15 heteroatoms. The summed E-state index contributed by atoms with van der Waals surface area (Å²) < 4.78 is 67.0. The third kappa shape index (κ3) is 4.67. The zero-order valence-electron chi connectivity index (χ0n) is 24.3. The van der Waals surface area contributed by atoms with E-state index in [2.05, 4.69) is 20.1 Å². The number of nitrogen functional groups attached to an aromatic ring is 1. The second-order valence-corrected chi connectivity index (χ2v) is 15.2. The number of hydrogen-bond acceptors (Lipinski definition) is 11. The maximum absolute atomic E-state index is 14.8. The highest BCUT2D eigenvalue weighted by atomic mass is 32.2. The number of nitrogens with zero attached hydrogens (tertiary/aromatic N) is 6. The second-order valence-electron chi connectivity index (χ2n) is 13.2. The van der Waals surface area contributed by atoms with Gasteiger partial charge in [0.25, 0.3) is 5.92 Å². The molecule has 5 atom stereocenters. The highest BCUT2D eigenvalue weighted by Crippen LogP contribution is 2.56. The molecule has 9 rings (SSSR count). The Labute approximate surface area is 265 Å². The van der Waals surface area contributed by atoms with E-state index in [-0.39, 0.29) is 34.4 Å². The van der Waals surface area contributed by atoms with Crippen molar-refractivity contribution in [1.29, 1.82) is 0 Å². The normalized spacial score (nSPS) is 31.8. The monoisotopic (exact) mass is 660 g/mol. The van der Waals surface area contributed by atoms with Gasteiger partial charge in [0, 0.05) is 50.1 Å². The number of ether oxygens (including phenoxy) is 1. The SMILES string of the molecule is Nc1nc2c(C3=Cc4nc(OC[C@@]56CCCN5CC(F)C6)nc(N5CC6CCC(C5)N6)c4SN3C3CC3(F)F)ccc(F)c2s1. The van der Waals surface area contributed by atoms with E-state index in [9.17, 15) is 17.6 Å². The maximum atomic E-state index is 14.8. The van der Waals surface area contributed by atoms with Gasteiger partial charge in [-0.1, -0.05) is 11.3 Å². The number of alkyl halides is 3. The number of piperazine rings is 1. The maximum Gasteiger partial charge on any atom is 0.319 e. The van der Waals surface area contributed by atoms with Crippen molar-refractivity contribution in [2.24, 2.45) is 0 Å². The second kappa shape index (κ2) is 10.1. The quantitative estimate of drug-likeness (QED) is 0.280. The van der Waals surface area contributed by atoms with Crippen LogP contribution in [0.2, 0.25) is 0 Å². The predicted molar refractivity (Wildman–Crippen MR) is 166 cm³/mol. The van der Waals surface area contributed by atoms with E-state index in [0.717, 1.165) is 56.7 Å². The highest BCUT2D eigenvalue weighted by Gasteiger charge is 2.62. The van der Waals surface area contributed by atoms with Crippen molar-refractivity contribution in [3.8, 4) is 6.01 Å². The standard InChI is InChI=1S/C30H32F4N8OS2/c31-15-9-29(6-1-7-41(29)11-15)14-43-28-37-20-8-21(18-4-5-19(32)24-23(18)38-27(35)44-24)42(22-10-30(22,33)34)45-25(20)26(39-28)40-12-16-2-3-17(13-40)36-16/h4-5,8,15-17,22,36H,1-3,6-7,9-14H2,(H2,35,38)/t15?,16?,17?,22?,29-/m0/s1. The Kier molecular flexibility index (Phi) is 6.34.